The maximum absolute atomic E-state index is 10.9. The van der Waals surface area contributed by atoms with Crippen LogP contribution < -0.4 is 0 Å². The molecule has 1 unspecified atom stereocenters. The van der Waals surface area contributed by atoms with E-state index in [2.05, 4.69) is 19.8 Å². The average molecular weight is 138 g/mol. The third-order valence-electron chi connectivity index (χ3n) is 1.57. The third kappa shape index (κ3) is 4.14. The second-order valence-corrected chi connectivity index (χ2v) is 2.64. The lowest BCUT2D eigenvalue weighted by atomic mass is 10.0. The Morgan fingerprint density at radius 1 is 1.70 bits per heavy atom. The molecular formula is C9H14O. The molecule has 0 aliphatic rings. The predicted octanol–water partition coefficient (Wildman–Crippen LogP) is 2.02. The number of hydrogen-bond acceptors (Lipinski definition) is 1. The van der Waals surface area contributed by atoms with Gasteiger partial charge in [0, 0.05) is 6.42 Å². The number of ketones is 1. The zero-order chi connectivity index (χ0) is 7.98. The Morgan fingerprint density at radius 2 is 2.30 bits per heavy atom. The summed E-state index contributed by atoms with van der Waals surface area (Å²) < 4.78 is 0. The Kier molecular flexibility index (Phi) is 4.66. The summed E-state index contributed by atoms with van der Waals surface area (Å²) in [6, 6.07) is 0. The van der Waals surface area contributed by atoms with E-state index >= 15 is 0 Å². The fourth-order valence-electron chi connectivity index (χ4n) is 0.719. The van der Waals surface area contributed by atoms with Crippen LogP contribution in [0.3, 0.4) is 0 Å². The second kappa shape index (κ2) is 5.05. The van der Waals surface area contributed by atoms with Gasteiger partial charge in [0.1, 0.15) is 5.78 Å². The fourth-order valence-corrected chi connectivity index (χ4v) is 0.719. The van der Waals surface area contributed by atoms with Crippen LogP contribution >= 0.6 is 0 Å². The van der Waals surface area contributed by atoms with E-state index in [1.165, 1.54) is 0 Å². The largest absolute Gasteiger partial charge is 0.299 e. The molecule has 0 bridgehead atoms. The molecule has 1 nitrogen and oxygen atoms in total. The summed E-state index contributed by atoms with van der Waals surface area (Å²) in [5.74, 6) is 3.03. The Morgan fingerprint density at radius 3 is 2.70 bits per heavy atom. The van der Waals surface area contributed by atoms with Crippen LogP contribution in [0.2, 0.25) is 0 Å². The SMILES string of the molecule is C#CCC(=O)CC(C)CC. The molecule has 0 aromatic heterocycles. The molecule has 0 fully saturated rings. The molecule has 0 amide bonds. The van der Waals surface area contributed by atoms with E-state index in [0.29, 0.717) is 18.8 Å². The first-order valence-corrected chi connectivity index (χ1v) is 3.65. The van der Waals surface area contributed by atoms with Crippen LogP contribution in [0.1, 0.15) is 33.1 Å². The van der Waals surface area contributed by atoms with Crippen LogP contribution in [0.4, 0.5) is 0 Å². The first-order chi connectivity index (χ1) is 4.70. The summed E-state index contributed by atoms with van der Waals surface area (Å²) in [5.41, 5.74) is 0. The smallest absolute Gasteiger partial charge is 0.145 e. The molecule has 56 valence electrons. The van der Waals surface area contributed by atoms with Gasteiger partial charge in [-0.1, -0.05) is 26.2 Å². The predicted molar refractivity (Wildman–Crippen MR) is 42.5 cm³/mol. The highest BCUT2D eigenvalue weighted by Crippen LogP contribution is 2.07. The highest BCUT2D eigenvalue weighted by molar-refractivity contribution is 5.80. The molecule has 0 N–H and O–H groups in total. The van der Waals surface area contributed by atoms with E-state index in [0.717, 1.165) is 6.42 Å². The van der Waals surface area contributed by atoms with E-state index in [4.69, 9.17) is 6.42 Å². The Bertz CT molecular complexity index is 141. The first kappa shape index (κ1) is 9.23. The minimum Gasteiger partial charge on any atom is -0.299 e. The van der Waals surface area contributed by atoms with Crippen molar-refractivity contribution in [3.05, 3.63) is 0 Å². The summed E-state index contributed by atoms with van der Waals surface area (Å²) in [5, 5.41) is 0. The van der Waals surface area contributed by atoms with Gasteiger partial charge in [-0.05, 0) is 5.92 Å². The number of rotatable bonds is 4. The molecule has 0 radical (unpaired) electrons. The lowest BCUT2D eigenvalue weighted by Gasteiger charge is -2.03. The minimum atomic E-state index is 0.192. The van der Waals surface area contributed by atoms with E-state index < -0.39 is 0 Å². The maximum atomic E-state index is 10.9. The van der Waals surface area contributed by atoms with Gasteiger partial charge in [0.2, 0.25) is 0 Å². The molecule has 10 heavy (non-hydrogen) atoms. The van der Waals surface area contributed by atoms with Crippen molar-refractivity contribution in [3.8, 4) is 12.3 Å². The van der Waals surface area contributed by atoms with Gasteiger partial charge in [0.25, 0.3) is 0 Å². The molecular weight excluding hydrogens is 124 g/mol. The molecule has 1 atom stereocenters. The monoisotopic (exact) mass is 138 g/mol. The van der Waals surface area contributed by atoms with Crippen molar-refractivity contribution < 1.29 is 4.79 Å². The second-order valence-electron chi connectivity index (χ2n) is 2.64. The van der Waals surface area contributed by atoms with Gasteiger partial charge in [0.05, 0.1) is 6.42 Å². The molecule has 1 heteroatoms. The summed E-state index contributed by atoms with van der Waals surface area (Å²) in [7, 11) is 0. The summed E-state index contributed by atoms with van der Waals surface area (Å²) in [6.07, 6.45) is 6.96. The van der Waals surface area contributed by atoms with Gasteiger partial charge in [-0.25, -0.2) is 0 Å². The van der Waals surface area contributed by atoms with Crippen LogP contribution in [0.15, 0.2) is 0 Å². The highest BCUT2D eigenvalue weighted by Gasteiger charge is 2.04. The van der Waals surface area contributed by atoms with E-state index in [-0.39, 0.29) is 5.78 Å². The normalized spacial score (nSPS) is 12.1. The number of carbonyl (C=O) groups is 1. The molecule has 0 heterocycles. The molecule has 0 aliphatic heterocycles. The zero-order valence-electron chi connectivity index (χ0n) is 6.68. The van der Waals surface area contributed by atoms with Crippen molar-refractivity contribution in [3.63, 3.8) is 0 Å². The third-order valence-corrected chi connectivity index (χ3v) is 1.57. The summed E-state index contributed by atoms with van der Waals surface area (Å²) >= 11 is 0. The van der Waals surface area contributed by atoms with Crippen molar-refractivity contribution in [2.24, 2.45) is 5.92 Å². The maximum Gasteiger partial charge on any atom is 0.145 e. The Labute approximate surface area is 62.8 Å². The van der Waals surface area contributed by atoms with E-state index in [1.54, 1.807) is 0 Å². The van der Waals surface area contributed by atoms with Gasteiger partial charge in [-0.3, -0.25) is 4.79 Å². The quantitative estimate of drug-likeness (QED) is 0.543. The molecule has 0 saturated heterocycles. The lowest BCUT2D eigenvalue weighted by molar-refractivity contribution is -0.118. The molecule has 0 aliphatic carbocycles. The van der Waals surface area contributed by atoms with Crippen molar-refractivity contribution in [2.45, 2.75) is 33.1 Å². The van der Waals surface area contributed by atoms with Crippen molar-refractivity contribution >= 4 is 5.78 Å². The molecule has 0 saturated carbocycles. The topological polar surface area (TPSA) is 17.1 Å². The van der Waals surface area contributed by atoms with E-state index in [9.17, 15) is 4.79 Å². The number of terminal acetylenes is 1. The Hall–Kier alpha value is -0.770. The van der Waals surface area contributed by atoms with Gasteiger partial charge in [-0.2, -0.15) is 0 Å². The summed E-state index contributed by atoms with van der Waals surface area (Å²) in [6.45, 7) is 4.14. The van der Waals surface area contributed by atoms with Crippen LogP contribution in [0, 0.1) is 18.3 Å². The van der Waals surface area contributed by atoms with Gasteiger partial charge >= 0.3 is 0 Å². The highest BCUT2D eigenvalue weighted by atomic mass is 16.1. The number of hydrogen-bond donors (Lipinski definition) is 0. The van der Waals surface area contributed by atoms with Gasteiger partial charge < -0.3 is 0 Å². The van der Waals surface area contributed by atoms with Crippen molar-refractivity contribution in [1.82, 2.24) is 0 Å². The molecule has 0 aromatic carbocycles. The minimum absolute atomic E-state index is 0.192. The molecule has 0 spiro atoms. The first-order valence-electron chi connectivity index (χ1n) is 3.65. The molecule has 0 rings (SSSR count). The van der Waals surface area contributed by atoms with Crippen LogP contribution in [-0.4, -0.2) is 5.78 Å². The van der Waals surface area contributed by atoms with Gasteiger partial charge in [0.15, 0.2) is 0 Å². The Balaban J connectivity index is 3.49. The van der Waals surface area contributed by atoms with E-state index in [1.807, 2.05) is 0 Å². The van der Waals surface area contributed by atoms with Crippen LogP contribution in [0.25, 0.3) is 0 Å². The summed E-state index contributed by atoms with van der Waals surface area (Å²) in [4.78, 5) is 10.9. The van der Waals surface area contributed by atoms with Crippen LogP contribution in [0.5, 0.6) is 0 Å². The fraction of sp³-hybridized carbons (Fsp3) is 0.667. The number of Topliss-reactive ketones (excluding diaryl/α,β-unsaturated/α-hetero) is 1. The molecule has 0 aromatic rings. The number of carbonyl (C=O) groups excluding carboxylic acids is 1. The van der Waals surface area contributed by atoms with Crippen LogP contribution in [-0.2, 0) is 4.79 Å². The van der Waals surface area contributed by atoms with Crippen molar-refractivity contribution in [2.75, 3.05) is 0 Å². The standard InChI is InChI=1S/C9H14O/c1-4-6-9(10)7-8(3)5-2/h1,8H,5-7H2,2-3H3. The van der Waals surface area contributed by atoms with Gasteiger partial charge in [-0.15, -0.1) is 6.42 Å². The lowest BCUT2D eigenvalue weighted by Crippen LogP contribution is -2.03. The zero-order valence-corrected chi connectivity index (χ0v) is 6.68. The average Bonchev–Trinajstić information content (AvgIpc) is 1.88. The van der Waals surface area contributed by atoms with Crippen molar-refractivity contribution in [1.29, 1.82) is 0 Å².